The van der Waals surface area contributed by atoms with Crippen LogP contribution < -0.4 is 5.32 Å². The first-order valence-corrected chi connectivity index (χ1v) is 10.8. The molecule has 1 saturated heterocycles. The Bertz CT molecular complexity index is 867. The van der Waals surface area contributed by atoms with Gasteiger partial charge in [0.05, 0.1) is 11.7 Å². The van der Waals surface area contributed by atoms with Crippen molar-refractivity contribution in [2.45, 2.75) is 44.6 Å². The maximum atomic E-state index is 12.6. The number of hydrogen-bond donors (Lipinski definition) is 1. The van der Waals surface area contributed by atoms with E-state index < -0.39 is 5.97 Å². The molecule has 1 aliphatic heterocycles. The number of hydrogen-bond acceptors (Lipinski definition) is 5. The van der Waals surface area contributed by atoms with Crippen molar-refractivity contribution in [1.29, 1.82) is 0 Å². The van der Waals surface area contributed by atoms with Gasteiger partial charge in [-0.05, 0) is 56.9 Å². The molecule has 1 heterocycles. The van der Waals surface area contributed by atoms with Gasteiger partial charge in [-0.15, -0.1) is 11.8 Å². The number of nitrogens with one attached hydrogen (secondary N) is 1. The molecule has 1 N–H and O–H groups in total. The first-order chi connectivity index (χ1) is 13.9. The Hall–Kier alpha value is -2.31. The van der Waals surface area contributed by atoms with Crippen molar-refractivity contribution in [3.63, 3.8) is 0 Å². The SMILES string of the molecule is Cc1cc(C)c(NC(=O)COC(=O)c2ccccc2SC[C@H]2CCCO2)c(C)c1. The molecule has 0 unspecified atom stereocenters. The number of benzene rings is 2. The highest BCUT2D eigenvalue weighted by molar-refractivity contribution is 7.99. The average Bonchev–Trinajstić information content (AvgIpc) is 3.21. The number of ether oxygens (including phenoxy) is 2. The molecule has 0 spiro atoms. The zero-order valence-corrected chi connectivity index (χ0v) is 17.9. The molecule has 0 radical (unpaired) electrons. The standard InChI is InChI=1S/C23H27NO4S/c1-15-11-16(2)22(17(3)12-15)24-21(25)13-28-23(26)19-8-4-5-9-20(19)29-14-18-7-6-10-27-18/h4-5,8-9,11-12,18H,6-7,10,13-14H2,1-3H3,(H,24,25)/t18-/m1/s1. The highest BCUT2D eigenvalue weighted by Gasteiger charge is 2.19. The third kappa shape index (κ3) is 5.84. The van der Waals surface area contributed by atoms with E-state index in [1.807, 2.05) is 45.0 Å². The molecule has 2 aromatic rings. The van der Waals surface area contributed by atoms with Gasteiger partial charge in [0.1, 0.15) is 0 Å². The lowest BCUT2D eigenvalue weighted by Crippen LogP contribution is -2.22. The molecule has 1 amide bonds. The Balaban J connectivity index is 1.57. The van der Waals surface area contributed by atoms with Crippen LogP contribution in [0, 0.1) is 20.8 Å². The number of aryl methyl sites for hydroxylation is 3. The maximum absolute atomic E-state index is 12.6. The summed E-state index contributed by atoms with van der Waals surface area (Å²) >= 11 is 1.59. The number of thioether (sulfide) groups is 1. The van der Waals surface area contributed by atoms with Crippen LogP contribution >= 0.6 is 11.8 Å². The molecule has 2 aromatic carbocycles. The quantitative estimate of drug-likeness (QED) is 0.527. The van der Waals surface area contributed by atoms with Crippen LogP contribution in [0.5, 0.6) is 0 Å². The van der Waals surface area contributed by atoms with E-state index >= 15 is 0 Å². The first kappa shape index (κ1) is 21.4. The summed E-state index contributed by atoms with van der Waals surface area (Å²) < 4.78 is 10.9. The average molecular weight is 414 g/mol. The summed E-state index contributed by atoms with van der Waals surface area (Å²) in [5.74, 6) is -0.0395. The number of carbonyl (C=O) groups is 2. The number of carbonyl (C=O) groups excluding carboxylic acids is 2. The van der Waals surface area contributed by atoms with Crippen LogP contribution in [0.25, 0.3) is 0 Å². The van der Waals surface area contributed by atoms with Gasteiger partial charge in [-0.1, -0.05) is 29.8 Å². The first-order valence-electron chi connectivity index (χ1n) is 9.82. The fraction of sp³-hybridized carbons (Fsp3) is 0.391. The number of amides is 1. The third-order valence-corrected chi connectivity index (χ3v) is 6.04. The van der Waals surface area contributed by atoms with Crippen LogP contribution in [0.15, 0.2) is 41.3 Å². The van der Waals surface area contributed by atoms with Crippen LogP contribution in [-0.4, -0.2) is 36.9 Å². The second-order valence-corrected chi connectivity index (χ2v) is 8.40. The fourth-order valence-corrected chi connectivity index (χ4v) is 4.59. The minimum atomic E-state index is -0.493. The summed E-state index contributed by atoms with van der Waals surface area (Å²) in [5.41, 5.74) is 4.35. The van der Waals surface area contributed by atoms with Gasteiger partial charge in [0.25, 0.3) is 5.91 Å². The molecule has 154 valence electrons. The van der Waals surface area contributed by atoms with Gasteiger partial charge < -0.3 is 14.8 Å². The molecule has 0 bridgehead atoms. The molecule has 29 heavy (non-hydrogen) atoms. The second-order valence-electron chi connectivity index (χ2n) is 7.34. The van der Waals surface area contributed by atoms with Crippen molar-refractivity contribution in [3.05, 3.63) is 58.7 Å². The number of esters is 1. The van der Waals surface area contributed by atoms with Crippen molar-refractivity contribution in [2.24, 2.45) is 0 Å². The van der Waals surface area contributed by atoms with Crippen molar-refractivity contribution in [1.82, 2.24) is 0 Å². The van der Waals surface area contributed by atoms with Gasteiger partial charge in [0.15, 0.2) is 6.61 Å². The van der Waals surface area contributed by atoms with Gasteiger partial charge in [0.2, 0.25) is 0 Å². The molecule has 6 heteroatoms. The smallest absolute Gasteiger partial charge is 0.339 e. The Morgan fingerprint density at radius 1 is 1.17 bits per heavy atom. The highest BCUT2D eigenvalue weighted by Crippen LogP contribution is 2.27. The molecule has 1 aliphatic rings. The van der Waals surface area contributed by atoms with Crippen LogP contribution in [0.1, 0.15) is 39.9 Å². The van der Waals surface area contributed by atoms with E-state index in [2.05, 4.69) is 5.32 Å². The predicted octanol–water partition coefficient (Wildman–Crippen LogP) is 4.68. The summed E-state index contributed by atoms with van der Waals surface area (Å²) in [5, 5.41) is 2.85. The lowest BCUT2D eigenvalue weighted by atomic mass is 10.1. The van der Waals surface area contributed by atoms with Crippen molar-refractivity contribution < 1.29 is 19.1 Å². The Morgan fingerprint density at radius 3 is 2.59 bits per heavy atom. The lowest BCUT2D eigenvalue weighted by molar-refractivity contribution is -0.119. The van der Waals surface area contributed by atoms with Gasteiger partial charge in [0, 0.05) is 22.9 Å². The van der Waals surface area contributed by atoms with Crippen LogP contribution in [0.4, 0.5) is 5.69 Å². The van der Waals surface area contributed by atoms with Crippen LogP contribution in [0.3, 0.4) is 0 Å². The van der Waals surface area contributed by atoms with Gasteiger partial charge >= 0.3 is 5.97 Å². The highest BCUT2D eigenvalue weighted by atomic mass is 32.2. The molecule has 3 rings (SSSR count). The minimum absolute atomic E-state index is 0.232. The summed E-state index contributed by atoms with van der Waals surface area (Å²) in [7, 11) is 0. The Morgan fingerprint density at radius 2 is 1.90 bits per heavy atom. The van der Waals surface area contributed by atoms with Crippen LogP contribution in [-0.2, 0) is 14.3 Å². The van der Waals surface area contributed by atoms with E-state index in [-0.39, 0.29) is 18.6 Å². The van der Waals surface area contributed by atoms with E-state index in [9.17, 15) is 9.59 Å². The largest absolute Gasteiger partial charge is 0.452 e. The topological polar surface area (TPSA) is 64.6 Å². The zero-order chi connectivity index (χ0) is 20.8. The van der Waals surface area contributed by atoms with Crippen molar-refractivity contribution >= 4 is 29.3 Å². The Kier molecular flexibility index (Phi) is 7.34. The van der Waals surface area contributed by atoms with E-state index in [4.69, 9.17) is 9.47 Å². The normalized spacial score (nSPS) is 15.9. The number of anilines is 1. The molecular formula is C23H27NO4S. The summed E-state index contributed by atoms with van der Waals surface area (Å²) in [6, 6.07) is 11.3. The summed E-state index contributed by atoms with van der Waals surface area (Å²) in [6.07, 6.45) is 2.37. The zero-order valence-electron chi connectivity index (χ0n) is 17.1. The summed E-state index contributed by atoms with van der Waals surface area (Å²) in [4.78, 5) is 25.7. The molecule has 1 fully saturated rings. The van der Waals surface area contributed by atoms with Crippen molar-refractivity contribution in [2.75, 3.05) is 24.3 Å². The number of rotatable bonds is 7. The van der Waals surface area contributed by atoms with Crippen LogP contribution in [0.2, 0.25) is 0 Å². The summed E-state index contributed by atoms with van der Waals surface area (Å²) in [6.45, 7) is 6.40. The lowest BCUT2D eigenvalue weighted by Gasteiger charge is -2.14. The van der Waals surface area contributed by atoms with E-state index in [1.165, 1.54) is 0 Å². The van der Waals surface area contributed by atoms with Crippen molar-refractivity contribution in [3.8, 4) is 0 Å². The Labute approximate surface area is 176 Å². The molecule has 0 saturated carbocycles. The maximum Gasteiger partial charge on any atom is 0.339 e. The monoisotopic (exact) mass is 413 g/mol. The predicted molar refractivity (Wildman–Crippen MR) is 116 cm³/mol. The molecule has 0 aliphatic carbocycles. The molecule has 5 nitrogen and oxygen atoms in total. The van der Waals surface area contributed by atoms with E-state index in [1.54, 1.807) is 23.9 Å². The molecule has 1 atom stereocenters. The van der Waals surface area contributed by atoms with Gasteiger partial charge in [-0.25, -0.2) is 4.79 Å². The second kappa shape index (κ2) is 9.94. The fourth-order valence-electron chi connectivity index (χ4n) is 3.48. The van der Waals surface area contributed by atoms with Gasteiger partial charge in [-0.3, -0.25) is 4.79 Å². The van der Waals surface area contributed by atoms with Gasteiger partial charge in [-0.2, -0.15) is 0 Å². The van der Waals surface area contributed by atoms with E-state index in [0.717, 1.165) is 52.5 Å². The van der Waals surface area contributed by atoms with E-state index in [0.29, 0.717) is 5.56 Å². The molecule has 0 aromatic heterocycles. The third-order valence-electron chi connectivity index (χ3n) is 4.83. The molecular weight excluding hydrogens is 386 g/mol. The minimum Gasteiger partial charge on any atom is -0.452 e.